The predicted octanol–water partition coefficient (Wildman–Crippen LogP) is 3.51. The quantitative estimate of drug-likeness (QED) is 0.719. The molecule has 1 atom stereocenters. The van der Waals surface area contributed by atoms with Gasteiger partial charge in [0.2, 0.25) is 0 Å². The zero-order valence-electron chi connectivity index (χ0n) is 8.86. The summed E-state index contributed by atoms with van der Waals surface area (Å²) in [4.78, 5) is 0. The Bertz CT molecular complexity index is 282. The minimum Gasteiger partial charge on any atom is -0.378 e. The highest BCUT2D eigenvalue weighted by Crippen LogP contribution is 2.27. The van der Waals surface area contributed by atoms with E-state index in [2.05, 4.69) is 0 Å². The molecule has 0 heterocycles. The minimum atomic E-state index is -0.980. The van der Waals surface area contributed by atoms with E-state index in [1.807, 2.05) is 18.2 Å². The van der Waals surface area contributed by atoms with E-state index in [0.29, 0.717) is 11.5 Å². The number of hydrogen-bond donors (Lipinski definition) is 0. The molecule has 1 nitrogen and oxygen atoms in total. The Labute approximate surface area is 90.3 Å². The summed E-state index contributed by atoms with van der Waals surface area (Å²) in [5.74, 6) is 0.688. The molecule has 1 aliphatic carbocycles. The van der Waals surface area contributed by atoms with E-state index in [9.17, 15) is 4.39 Å². The molecule has 15 heavy (non-hydrogen) atoms. The van der Waals surface area contributed by atoms with E-state index in [1.54, 1.807) is 12.1 Å². The monoisotopic (exact) mass is 208 g/mol. The predicted molar refractivity (Wildman–Crippen MR) is 58.5 cm³/mol. The van der Waals surface area contributed by atoms with Crippen molar-refractivity contribution in [3.8, 4) is 0 Å². The van der Waals surface area contributed by atoms with Crippen LogP contribution in [0.15, 0.2) is 30.3 Å². The summed E-state index contributed by atoms with van der Waals surface area (Å²) in [6.07, 6.45) is 2.84. The van der Waals surface area contributed by atoms with Crippen molar-refractivity contribution in [1.82, 2.24) is 0 Å². The van der Waals surface area contributed by atoms with Crippen LogP contribution in [-0.4, -0.2) is 13.2 Å². The molecule has 0 aliphatic heterocycles. The van der Waals surface area contributed by atoms with E-state index < -0.39 is 6.17 Å². The number of benzene rings is 1. The van der Waals surface area contributed by atoms with E-state index in [1.165, 1.54) is 19.3 Å². The molecule has 1 aromatic carbocycles. The van der Waals surface area contributed by atoms with Crippen molar-refractivity contribution in [3.63, 3.8) is 0 Å². The largest absolute Gasteiger partial charge is 0.378 e. The van der Waals surface area contributed by atoms with Gasteiger partial charge in [0.1, 0.15) is 6.17 Å². The summed E-state index contributed by atoms with van der Waals surface area (Å²) in [7, 11) is 0. The van der Waals surface area contributed by atoms with Gasteiger partial charge in [-0.3, -0.25) is 0 Å². The van der Waals surface area contributed by atoms with Crippen LogP contribution in [0.5, 0.6) is 0 Å². The van der Waals surface area contributed by atoms with Crippen LogP contribution < -0.4 is 0 Å². The van der Waals surface area contributed by atoms with E-state index in [4.69, 9.17) is 4.74 Å². The second-order valence-corrected chi connectivity index (χ2v) is 4.21. The third kappa shape index (κ3) is 3.03. The Morgan fingerprint density at radius 2 is 2.00 bits per heavy atom. The van der Waals surface area contributed by atoms with Gasteiger partial charge in [-0.25, -0.2) is 4.39 Å². The van der Waals surface area contributed by atoms with E-state index in [0.717, 1.165) is 6.61 Å². The number of halogens is 1. The minimum absolute atomic E-state index is 0.195. The first-order valence-corrected chi connectivity index (χ1v) is 5.63. The Hall–Kier alpha value is -0.890. The van der Waals surface area contributed by atoms with E-state index >= 15 is 0 Å². The summed E-state index contributed by atoms with van der Waals surface area (Å²) in [5.41, 5.74) is 0.714. The molecule has 0 saturated heterocycles. The maximum atomic E-state index is 13.6. The fraction of sp³-hybridized carbons (Fsp3) is 0.538. The van der Waals surface area contributed by atoms with Crippen molar-refractivity contribution in [2.24, 2.45) is 5.92 Å². The lowest BCUT2D eigenvalue weighted by molar-refractivity contribution is 0.0369. The summed E-state index contributed by atoms with van der Waals surface area (Å²) < 4.78 is 19.0. The molecule has 1 saturated carbocycles. The van der Waals surface area contributed by atoms with Gasteiger partial charge < -0.3 is 4.74 Å². The van der Waals surface area contributed by atoms with Crippen LogP contribution in [0.4, 0.5) is 4.39 Å². The number of hydrogen-bond acceptors (Lipinski definition) is 1. The van der Waals surface area contributed by atoms with Crippen LogP contribution in [0.25, 0.3) is 0 Å². The fourth-order valence-corrected chi connectivity index (χ4v) is 1.76. The standard InChI is InChI=1S/C13H17FO/c14-13(12-7-2-1-3-8-12)10-15-9-11-5-4-6-11/h1-3,7-8,11,13H,4-6,9-10H2. The zero-order valence-corrected chi connectivity index (χ0v) is 8.86. The summed E-state index contributed by atoms with van der Waals surface area (Å²) in [6.45, 7) is 0.924. The third-order valence-electron chi connectivity index (χ3n) is 3.00. The molecular formula is C13H17FO. The van der Waals surface area contributed by atoms with Crippen LogP contribution in [-0.2, 0) is 4.74 Å². The molecule has 0 aromatic heterocycles. The average Bonchev–Trinajstić information content (AvgIpc) is 2.23. The first-order chi connectivity index (χ1) is 7.36. The van der Waals surface area contributed by atoms with Gasteiger partial charge in [-0.1, -0.05) is 36.8 Å². The summed E-state index contributed by atoms with van der Waals surface area (Å²) in [5, 5.41) is 0. The second kappa shape index (κ2) is 5.26. The van der Waals surface area contributed by atoms with Gasteiger partial charge in [-0.05, 0) is 24.3 Å². The topological polar surface area (TPSA) is 9.23 Å². The molecule has 0 amide bonds. The lowest BCUT2D eigenvalue weighted by Crippen LogP contribution is -2.18. The lowest BCUT2D eigenvalue weighted by Gasteiger charge is -2.25. The fourth-order valence-electron chi connectivity index (χ4n) is 1.76. The van der Waals surface area contributed by atoms with Gasteiger partial charge in [0.05, 0.1) is 6.61 Å². The molecule has 0 spiro atoms. The summed E-state index contributed by atoms with van der Waals surface area (Å²) in [6, 6.07) is 9.21. The van der Waals surface area contributed by atoms with Gasteiger partial charge in [0.25, 0.3) is 0 Å². The number of alkyl halides is 1. The molecule has 0 bridgehead atoms. The molecule has 0 N–H and O–H groups in total. The molecule has 1 fully saturated rings. The number of rotatable bonds is 5. The normalized spacial score (nSPS) is 18.5. The first kappa shape index (κ1) is 10.6. The van der Waals surface area contributed by atoms with Crippen molar-refractivity contribution < 1.29 is 9.13 Å². The van der Waals surface area contributed by atoms with Crippen LogP contribution in [0.2, 0.25) is 0 Å². The average molecular weight is 208 g/mol. The first-order valence-electron chi connectivity index (χ1n) is 5.63. The highest BCUT2D eigenvalue weighted by molar-refractivity contribution is 5.17. The highest BCUT2D eigenvalue weighted by Gasteiger charge is 2.18. The molecular weight excluding hydrogens is 191 g/mol. The smallest absolute Gasteiger partial charge is 0.148 e. The van der Waals surface area contributed by atoms with Crippen molar-refractivity contribution in [2.75, 3.05) is 13.2 Å². The van der Waals surface area contributed by atoms with Crippen molar-refractivity contribution >= 4 is 0 Å². The van der Waals surface area contributed by atoms with Crippen molar-refractivity contribution in [1.29, 1.82) is 0 Å². The molecule has 1 aromatic rings. The van der Waals surface area contributed by atoms with Crippen molar-refractivity contribution in [3.05, 3.63) is 35.9 Å². The Balaban J connectivity index is 1.70. The van der Waals surface area contributed by atoms with Crippen molar-refractivity contribution in [2.45, 2.75) is 25.4 Å². The van der Waals surface area contributed by atoms with Crippen LogP contribution in [0.3, 0.4) is 0 Å². The molecule has 2 heteroatoms. The van der Waals surface area contributed by atoms with Gasteiger partial charge in [-0.15, -0.1) is 0 Å². The Morgan fingerprint density at radius 1 is 1.27 bits per heavy atom. The van der Waals surface area contributed by atoms with Gasteiger partial charge >= 0.3 is 0 Å². The van der Waals surface area contributed by atoms with Gasteiger partial charge in [0, 0.05) is 6.61 Å². The number of ether oxygens (including phenoxy) is 1. The SMILES string of the molecule is FC(COCC1CCC1)c1ccccc1. The third-order valence-corrected chi connectivity index (χ3v) is 3.00. The summed E-state index contributed by atoms with van der Waals surface area (Å²) >= 11 is 0. The molecule has 1 unspecified atom stereocenters. The van der Waals surface area contributed by atoms with E-state index in [-0.39, 0.29) is 6.61 Å². The zero-order chi connectivity index (χ0) is 10.5. The maximum absolute atomic E-state index is 13.6. The molecule has 82 valence electrons. The van der Waals surface area contributed by atoms with Crippen LogP contribution >= 0.6 is 0 Å². The van der Waals surface area contributed by atoms with Crippen LogP contribution in [0, 0.1) is 5.92 Å². The molecule has 0 radical (unpaired) electrons. The van der Waals surface area contributed by atoms with Gasteiger partial charge in [0.15, 0.2) is 0 Å². The van der Waals surface area contributed by atoms with Gasteiger partial charge in [-0.2, -0.15) is 0 Å². The Kier molecular flexibility index (Phi) is 3.73. The molecule has 2 rings (SSSR count). The lowest BCUT2D eigenvalue weighted by atomic mass is 9.86. The van der Waals surface area contributed by atoms with Crippen LogP contribution in [0.1, 0.15) is 31.0 Å². The highest BCUT2D eigenvalue weighted by atomic mass is 19.1. The Morgan fingerprint density at radius 3 is 2.60 bits per heavy atom. The maximum Gasteiger partial charge on any atom is 0.148 e. The second-order valence-electron chi connectivity index (χ2n) is 4.21. The molecule has 1 aliphatic rings.